The van der Waals surface area contributed by atoms with E-state index in [-0.39, 0.29) is 18.4 Å². The maximum absolute atomic E-state index is 12.4. The Balaban J connectivity index is 1.60. The lowest BCUT2D eigenvalue weighted by Gasteiger charge is -2.36. The molecule has 2 aromatic carbocycles. The molecule has 2 aromatic rings. The Morgan fingerprint density at radius 1 is 1.00 bits per heavy atom. The molecule has 1 heterocycles. The first-order chi connectivity index (χ1) is 13.4. The number of hydrogen-bond acceptors (Lipinski definition) is 4. The third kappa shape index (κ3) is 4.82. The van der Waals surface area contributed by atoms with Crippen LogP contribution in [0.4, 0.5) is 11.4 Å². The number of nitrogens with zero attached hydrogens (tertiary/aromatic N) is 2. The predicted molar refractivity (Wildman–Crippen MR) is 111 cm³/mol. The molecule has 0 radical (unpaired) electrons. The lowest BCUT2D eigenvalue weighted by Crippen LogP contribution is -2.48. The molecule has 28 heavy (non-hydrogen) atoms. The average molecular weight is 381 g/mol. The molecule has 3 rings (SSSR count). The molecule has 0 bridgehead atoms. The second kappa shape index (κ2) is 8.78. The van der Waals surface area contributed by atoms with Gasteiger partial charge in [0.15, 0.2) is 6.61 Å². The smallest absolute Gasteiger partial charge is 0.262 e. The van der Waals surface area contributed by atoms with Gasteiger partial charge in [0.2, 0.25) is 5.91 Å². The topological polar surface area (TPSA) is 61.9 Å². The van der Waals surface area contributed by atoms with Crippen LogP contribution in [0.2, 0.25) is 0 Å². The van der Waals surface area contributed by atoms with Crippen LogP contribution in [0.5, 0.6) is 5.75 Å². The van der Waals surface area contributed by atoms with E-state index in [4.69, 9.17) is 4.74 Å². The molecule has 0 saturated carbocycles. The highest BCUT2D eigenvalue weighted by Gasteiger charge is 2.21. The minimum Gasteiger partial charge on any atom is -0.484 e. The molecule has 0 aromatic heterocycles. The summed E-state index contributed by atoms with van der Waals surface area (Å²) in [6.07, 6.45) is 0. The summed E-state index contributed by atoms with van der Waals surface area (Å²) < 4.78 is 5.63. The van der Waals surface area contributed by atoms with Crippen LogP contribution >= 0.6 is 0 Å². The Bertz CT molecular complexity index is 858. The minimum atomic E-state index is -0.201. The van der Waals surface area contributed by atoms with Crippen molar-refractivity contribution in [3.63, 3.8) is 0 Å². The standard InChI is InChI=1S/C22H27N3O3/c1-16-8-9-19(14-17(16)2)28-15-22(27)23-20-6-4-5-7-21(20)25-12-10-24(11-13-25)18(3)26/h4-9,14H,10-13,15H2,1-3H3,(H,23,27). The Labute approximate surface area is 166 Å². The molecule has 1 aliphatic heterocycles. The van der Waals surface area contributed by atoms with Crippen LogP contribution in [-0.4, -0.2) is 49.5 Å². The second-order valence-corrected chi connectivity index (χ2v) is 7.09. The van der Waals surface area contributed by atoms with E-state index in [1.807, 2.05) is 61.2 Å². The van der Waals surface area contributed by atoms with E-state index in [0.717, 1.165) is 30.0 Å². The predicted octanol–water partition coefficient (Wildman–Crippen LogP) is 2.99. The van der Waals surface area contributed by atoms with Gasteiger partial charge in [-0.25, -0.2) is 0 Å². The summed E-state index contributed by atoms with van der Waals surface area (Å²) in [6, 6.07) is 13.5. The molecular weight excluding hydrogens is 354 g/mol. The maximum atomic E-state index is 12.4. The molecule has 0 atom stereocenters. The largest absolute Gasteiger partial charge is 0.484 e. The summed E-state index contributed by atoms with van der Waals surface area (Å²) in [5.74, 6) is 0.588. The number of hydrogen-bond donors (Lipinski definition) is 1. The molecular formula is C22H27N3O3. The van der Waals surface area contributed by atoms with Crippen molar-refractivity contribution in [2.75, 3.05) is 43.0 Å². The third-order valence-corrected chi connectivity index (χ3v) is 5.09. The van der Waals surface area contributed by atoms with E-state index in [1.54, 1.807) is 6.92 Å². The average Bonchev–Trinajstić information content (AvgIpc) is 2.69. The van der Waals surface area contributed by atoms with E-state index in [1.165, 1.54) is 5.56 Å². The minimum absolute atomic E-state index is 0.0467. The van der Waals surface area contributed by atoms with Crippen molar-refractivity contribution < 1.29 is 14.3 Å². The molecule has 6 heteroatoms. The number of aryl methyl sites for hydroxylation is 2. The van der Waals surface area contributed by atoms with Gasteiger partial charge in [-0.05, 0) is 49.2 Å². The fraction of sp³-hybridized carbons (Fsp3) is 0.364. The molecule has 1 aliphatic rings. The quantitative estimate of drug-likeness (QED) is 0.865. The Morgan fingerprint density at radius 3 is 2.39 bits per heavy atom. The van der Waals surface area contributed by atoms with Crippen LogP contribution in [0.25, 0.3) is 0 Å². The third-order valence-electron chi connectivity index (χ3n) is 5.09. The zero-order valence-corrected chi connectivity index (χ0v) is 16.7. The van der Waals surface area contributed by atoms with Crippen molar-refractivity contribution >= 4 is 23.2 Å². The van der Waals surface area contributed by atoms with Gasteiger partial charge >= 0.3 is 0 Å². The fourth-order valence-electron chi connectivity index (χ4n) is 3.26. The van der Waals surface area contributed by atoms with Gasteiger partial charge in [-0.1, -0.05) is 18.2 Å². The van der Waals surface area contributed by atoms with E-state index < -0.39 is 0 Å². The van der Waals surface area contributed by atoms with Gasteiger partial charge in [0.25, 0.3) is 5.91 Å². The van der Waals surface area contributed by atoms with E-state index in [9.17, 15) is 9.59 Å². The first-order valence-electron chi connectivity index (χ1n) is 9.53. The first-order valence-corrected chi connectivity index (χ1v) is 9.53. The summed E-state index contributed by atoms with van der Waals surface area (Å²) >= 11 is 0. The summed E-state index contributed by atoms with van der Waals surface area (Å²) in [5, 5.41) is 2.95. The lowest BCUT2D eigenvalue weighted by molar-refractivity contribution is -0.129. The highest BCUT2D eigenvalue weighted by molar-refractivity contribution is 5.95. The number of anilines is 2. The zero-order chi connectivity index (χ0) is 20.1. The number of benzene rings is 2. The number of ether oxygens (including phenoxy) is 1. The molecule has 148 valence electrons. The van der Waals surface area contributed by atoms with Crippen molar-refractivity contribution in [2.45, 2.75) is 20.8 Å². The van der Waals surface area contributed by atoms with Crippen molar-refractivity contribution in [1.82, 2.24) is 4.90 Å². The summed E-state index contributed by atoms with van der Waals surface area (Å²) in [5.41, 5.74) is 4.04. The van der Waals surface area contributed by atoms with E-state index in [0.29, 0.717) is 18.8 Å². The molecule has 0 spiro atoms. The monoisotopic (exact) mass is 381 g/mol. The van der Waals surface area contributed by atoms with E-state index in [2.05, 4.69) is 10.2 Å². The number of rotatable bonds is 5. The van der Waals surface area contributed by atoms with Crippen molar-refractivity contribution in [1.29, 1.82) is 0 Å². The Hall–Kier alpha value is -3.02. The fourth-order valence-corrected chi connectivity index (χ4v) is 3.26. The van der Waals surface area contributed by atoms with Crippen LogP contribution in [0.15, 0.2) is 42.5 Å². The van der Waals surface area contributed by atoms with Gasteiger partial charge in [0.1, 0.15) is 5.75 Å². The highest BCUT2D eigenvalue weighted by Crippen LogP contribution is 2.26. The molecule has 0 aliphatic carbocycles. The van der Waals surface area contributed by atoms with Gasteiger partial charge in [0.05, 0.1) is 11.4 Å². The summed E-state index contributed by atoms with van der Waals surface area (Å²) in [6.45, 7) is 8.47. The number of piperazine rings is 1. The van der Waals surface area contributed by atoms with Crippen molar-refractivity contribution in [3.8, 4) is 5.75 Å². The van der Waals surface area contributed by atoms with Crippen LogP contribution in [-0.2, 0) is 9.59 Å². The molecule has 1 saturated heterocycles. The summed E-state index contributed by atoms with van der Waals surface area (Å²) in [4.78, 5) is 28.0. The van der Waals surface area contributed by atoms with Gasteiger partial charge in [0, 0.05) is 33.1 Å². The normalized spacial score (nSPS) is 14.0. The van der Waals surface area contributed by atoms with Gasteiger partial charge in [-0.3, -0.25) is 9.59 Å². The van der Waals surface area contributed by atoms with Crippen molar-refractivity contribution in [2.24, 2.45) is 0 Å². The van der Waals surface area contributed by atoms with E-state index >= 15 is 0 Å². The first kappa shape index (κ1) is 19.7. The summed E-state index contributed by atoms with van der Waals surface area (Å²) in [7, 11) is 0. The molecule has 0 unspecified atom stereocenters. The van der Waals surface area contributed by atoms with Gasteiger partial charge in [-0.2, -0.15) is 0 Å². The molecule has 1 fully saturated rings. The second-order valence-electron chi connectivity index (χ2n) is 7.09. The molecule has 1 N–H and O–H groups in total. The SMILES string of the molecule is CC(=O)N1CCN(c2ccccc2NC(=O)COc2ccc(C)c(C)c2)CC1. The lowest BCUT2D eigenvalue weighted by atomic mass is 10.1. The maximum Gasteiger partial charge on any atom is 0.262 e. The number of para-hydroxylation sites is 2. The molecule has 6 nitrogen and oxygen atoms in total. The number of carbonyl (C=O) groups excluding carboxylic acids is 2. The van der Waals surface area contributed by atoms with Gasteiger partial charge in [-0.15, -0.1) is 0 Å². The number of nitrogens with one attached hydrogen (secondary N) is 1. The zero-order valence-electron chi connectivity index (χ0n) is 16.7. The number of carbonyl (C=O) groups is 2. The number of amides is 2. The highest BCUT2D eigenvalue weighted by atomic mass is 16.5. The van der Waals surface area contributed by atoms with Crippen LogP contribution in [0, 0.1) is 13.8 Å². The van der Waals surface area contributed by atoms with Gasteiger partial charge < -0.3 is 19.9 Å². The Kier molecular flexibility index (Phi) is 6.19. The van der Waals surface area contributed by atoms with Crippen LogP contribution in [0.3, 0.4) is 0 Å². The van der Waals surface area contributed by atoms with Crippen LogP contribution in [0.1, 0.15) is 18.1 Å². The van der Waals surface area contributed by atoms with Crippen molar-refractivity contribution in [3.05, 3.63) is 53.6 Å². The molecule has 2 amide bonds. The van der Waals surface area contributed by atoms with Crippen LogP contribution < -0.4 is 15.0 Å². The Morgan fingerprint density at radius 2 is 1.71 bits per heavy atom.